The van der Waals surface area contributed by atoms with Gasteiger partial charge in [-0.1, -0.05) is 15.9 Å². The van der Waals surface area contributed by atoms with E-state index in [1.807, 2.05) is 6.07 Å². The number of nitriles is 1. The smallest absolute Gasteiger partial charge is 0.269 e. The molecule has 1 rings (SSSR count). The van der Waals surface area contributed by atoms with E-state index in [4.69, 9.17) is 5.26 Å². The van der Waals surface area contributed by atoms with E-state index in [1.165, 1.54) is 6.20 Å². The van der Waals surface area contributed by atoms with Gasteiger partial charge in [-0.3, -0.25) is 4.79 Å². The van der Waals surface area contributed by atoms with Crippen LogP contribution in [-0.2, 0) is 0 Å². The Morgan fingerprint density at radius 1 is 1.50 bits per heavy atom. The number of carbonyl (C=O) groups excluding carboxylic acids is 1. The van der Waals surface area contributed by atoms with Crippen LogP contribution < -0.4 is 5.32 Å². The molecule has 0 unspecified atom stereocenters. The molecule has 1 aromatic rings. The molecule has 0 fully saturated rings. The lowest BCUT2D eigenvalue weighted by atomic mass is 10.2. The minimum absolute atomic E-state index is 0.195. The lowest BCUT2D eigenvalue weighted by Gasteiger charge is -2.03. The third-order valence-corrected chi connectivity index (χ3v) is 2.53. The van der Waals surface area contributed by atoms with Gasteiger partial charge in [0.1, 0.15) is 11.8 Å². The largest absolute Gasteiger partial charge is 0.351 e. The summed E-state index contributed by atoms with van der Waals surface area (Å²) in [5, 5.41) is 12.3. The van der Waals surface area contributed by atoms with Crippen LogP contribution in [-0.4, -0.2) is 22.8 Å². The van der Waals surface area contributed by atoms with Crippen molar-refractivity contribution < 1.29 is 4.79 Å². The predicted octanol–water partition coefficient (Wildman–Crippen LogP) is 1.86. The van der Waals surface area contributed by atoms with Crippen LogP contribution in [0.1, 0.15) is 28.9 Å². The molecule has 1 N–H and O–H groups in total. The van der Waals surface area contributed by atoms with Gasteiger partial charge >= 0.3 is 0 Å². The van der Waals surface area contributed by atoms with E-state index in [1.54, 1.807) is 12.1 Å². The number of amides is 1. The summed E-state index contributed by atoms with van der Waals surface area (Å²) in [6, 6.07) is 5.09. The van der Waals surface area contributed by atoms with Crippen molar-refractivity contribution in [2.75, 3.05) is 11.9 Å². The molecule has 4 nitrogen and oxygen atoms in total. The van der Waals surface area contributed by atoms with E-state index in [0.717, 1.165) is 18.2 Å². The number of rotatable bonds is 5. The molecule has 0 aliphatic carbocycles. The van der Waals surface area contributed by atoms with Gasteiger partial charge in [-0.25, -0.2) is 4.98 Å². The van der Waals surface area contributed by atoms with Gasteiger partial charge in [0.2, 0.25) is 0 Å². The number of halogens is 1. The number of unbranched alkanes of at least 4 members (excludes halogenated alkanes) is 1. The number of nitrogens with zero attached hydrogens (tertiary/aromatic N) is 2. The Bertz CT molecular complexity index is 383. The molecule has 0 bridgehead atoms. The van der Waals surface area contributed by atoms with Crippen molar-refractivity contribution in [1.29, 1.82) is 5.26 Å². The summed E-state index contributed by atoms with van der Waals surface area (Å²) in [5.41, 5.74) is 0.800. The lowest BCUT2D eigenvalue weighted by Crippen LogP contribution is -2.25. The zero-order chi connectivity index (χ0) is 11.8. The van der Waals surface area contributed by atoms with Crippen LogP contribution in [0.4, 0.5) is 0 Å². The minimum atomic E-state index is -0.195. The first-order valence-electron chi connectivity index (χ1n) is 4.98. The Morgan fingerprint density at radius 2 is 2.31 bits per heavy atom. The number of nitrogens with one attached hydrogen (secondary N) is 1. The van der Waals surface area contributed by atoms with E-state index in [0.29, 0.717) is 17.8 Å². The zero-order valence-electron chi connectivity index (χ0n) is 8.74. The molecule has 0 aliphatic rings. The molecule has 1 heterocycles. The van der Waals surface area contributed by atoms with Crippen molar-refractivity contribution in [3.05, 3.63) is 29.6 Å². The van der Waals surface area contributed by atoms with Gasteiger partial charge in [0.05, 0.1) is 5.56 Å². The Hall–Kier alpha value is -1.41. The number of aromatic nitrogens is 1. The third-order valence-electron chi connectivity index (χ3n) is 1.97. The highest BCUT2D eigenvalue weighted by Gasteiger charge is 2.05. The first-order valence-corrected chi connectivity index (χ1v) is 6.10. The highest BCUT2D eigenvalue weighted by molar-refractivity contribution is 9.09. The lowest BCUT2D eigenvalue weighted by molar-refractivity contribution is 0.0948. The molecule has 84 valence electrons. The second-order valence-corrected chi connectivity index (χ2v) is 3.99. The van der Waals surface area contributed by atoms with Crippen LogP contribution in [0, 0.1) is 11.3 Å². The van der Waals surface area contributed by atoms with Crippen molar-refractivity contribution in [2.45, 2.75) is 12.8 Å². The SMILES string of the molecule is N#Cc1ccc(C(=O)NCCCCBr)nc1. The van der Waals surface area contributed by atoms with Gasteiger partial charge < -0.3 is 5.32 Å². The molecular formula is C11H12BrN3O. The van der Waals surface area contributed by atoms with Gasteiger partial charge in [0, 0.05) is 18.1 Å². The summed E-state index contributed by atoms with van der Waals surface area (Å²) in [6.45, 7) is 0.645. The quantitative estimate of drug-likeness (QED) is 0.662. The van der Waals surface area contributed by atoms with Gasteiger partial charge in [-0.2, -0.15) is 5.26 Å². The van der Waals surface area contributed by atoms with Crippen molar-refractivity contribution in [1.82, 2.24) is 10.3 Å². The van der Waals surface area contributed by atoms with Crippen LogP contribution in [0.5, 0.6) is 0 Å². The fraction of sp³-hybridized carbons (Fsp3) is 0.364. The molecule has 0 radical (unpaired) electrons. The fourth-order valence-corrected chi connectivity index (χ4v) is 1.50. The Morgan fingerprint density at radius 3 is 2.88 bits per heavy atom. The van der Waals surface area contributed by atoms with E-state index in [2.05, 4.69) is 26.2 Å². The Balaban J connectivity index is 2.44. The number of carbonyl (C=O) groups is 1. The maximum absolute atomic E-state index is 11.5. The molecule has 16 heavy (non-hydrogen) atoms. The maximum Gasteiger partial charge on any atom is 0.269 e. The van der Waals surface area contributed by atoms with Crippen LogP contribution in [0.3, 0.4) is 0 Å². The predicted molar refractivity (Wildman–Crippen MR) is 64.3 cm³/mol. The second kappa shape index (κ2) is 6.96. The summed E-state index contributed by atoms with van der Waals surface area (Å²) in [4.78, 5) is 15.4. The number of alkyl halides is 1. The van der Waals surface area contributed by atoms with Crippen LogP contribution in [0.2, 0.25) is 0 Å². The first-order chi connectivity index (χ1) is 7.77. The van der Waals surface area contributed by atoms with Gasteiger partial charge in [0.25, 0.3) is 5.91 Å². The Labute approximate surface area is 103 Å². The topological polar surface area (TPSA) is 65.8 Å². The average molecular weight is 282 g/mol. The molecule has 1 amide bonds. The molecule has 5 heteroatoms. The van der Waals surface area contributed by atoms with E-state index in [-0.39, 0.29) is 5.91 Å². The van der Waals surface area contributed by atoms with Gasteiger partial charge in [-0.05, 0) is 25.0 Å². The van der Waals surface area contributed by atoms with Gasteiger partial charge in [-0.15, -0.1) is 0 Å². The molecule has 1 aromatic heterocycles. The molecular weight excluding hydrogens is 270 g/mol. The van der Waals surface area contributed by atoms with E-state index in [9.17, 15) is 4.79 Å². The summed E-state index contributed by atoms with van der Waals surface area (Å²) in [6.07, 6.45) is 3.36. The van der Waals surface area contributed by atoms with Crippen LogP contribution in [0.25, 0.3) is 0 Å². The fourth-order valence-electron chi connectivity index (χ4n) is 1.11. The molecule has 0 spiro atoms. The molecule has 0 saturated heterocycles. The van der Waals surface area contributed by atoms with Crippen molar-refractivity contribution in [2.24, 2.45) is 0 Å². The third kappa shape index (κ3) is 3.99. The normalized spacial score (nSPS) is 9.50. The molecule has 0 aromatic carbocycles. The highest BCUT2D eigenvalue weighted by atomic mass is 79.9. The molecule has 0 aliphatic heterocycles. The van der Waals surface area contributed by atoms with Crippen molar-refractivity contribution in [3.63, 3.8) is 0 Å². The number of hydrogen-bond acceptors (Lipinski definition) is 3. The first kappa shape index (κ1) is 12.7. The summed E-state index contributed by atoms with van der Waals surface area (Å²) >= 11 is 3.32. The molecule has 0 atom stereocenters. The minimum Gasteiger partial charge on any atom is -0.351 e. The zero-order valence-corrected chi connectivity index (χ0v) is 10.3. The Kier molecular flexibility index (Phi) is 5.51. The second-order valence-electron chi connectivity index (χ2n) is 3.20. The highest BCUT2D eigenvalue weighted by Crippen LogP contribution is 1.99. The van der Waals surface area contributed by atoms with Crippen molar-refractivity contribution >= 4 is 21.8 Å². The summed E-state index contributed by atoms with van der Waals surface area (Å²) < 4.78 is 0. The van der Waals surface area contributed by atoms with Crippen LogP contribution >= 0.6 is 15.9 Å². The van der Waals surface area contributed by atoms with Crippen LogP contribution in [0.15, 0.2) is 18.3 Å². The number of hydrogen-bond donors (Lipinski definition) is 1. The maximum atomic E-state index is 11.5. The van der Waals surface area contributed by atoms with Gasteiger partial charge in [0.15, 0.2) is 0 Å². The standard InChI is InChI=1S/C11H12BrN3O/c12-5-1-2-6-14-11(16)10-4-3-9(7-13)8-15-10/h3-4,8H,1-2,5-6H2,(H,14,16). The van der Waals surface area contributed by atoms with E-state index < -0.39 is 0 Å². The number of pyridine rings is 1. The van der Waals surface area contributed by atoms with Crippen molar-refractivity contribution in [3.8, 4) is 6.07 Å². The average Bonchev–Trinajstić information content (AvgIpc) is 2.34. The van der Waals surface area contributed by atoms with E-state index >= 15 is 0 Å². The summed E-state index contributed by atoms with van der Waals surface area (Å²) in [5.74, 6) is -0.195. The summed E-state index contributed by atoms with van der Waals surface area (Å²) in [7, 11) is 0. The monoisotopic (exact) mass is 281 g/mol. The molecule has 0 saturated carbocycles.